The zero-order valence-electron chi connectivity index (χ0n) is 10.3. The number of hydrogen-bond acceptors (Lipinski definition) is 2. The number of likely N-dealkylation sites (tertiary alicyclic amines) is 1. The Labute approximate surface area is 94.4 Å². The average Bonchev–Trinajstić information content (AvgIpc) is 2.96. The van der Waals surface area contributed by atoms with Crippen LogP contribution in [0.4, 0.5) is 0 Å². The van der Waals surface area contributed by atoms with Gasteiger partial charge < -0.3 is 5.32 Å². The second-order valence-corrected chi connectivity index (χ2v) is 5.51. The van der Waals surface area contributed by atoms with E-state index < -0.39 is 0 Å². The van der Waals surface area contributed by atoms with Crippen molar-refractivity contribution in [3.8, 4) is 0 Å². The Bertz CT molecular complexity index is 189. The smallest absolute Gasteiger partial charge is 0.0207 e. The van der Waals surface area contributed by atoms with E-state index in [-0.39, 0.29) is 0 Å². The summed E-state index contributed by atoms with van der Waals surface area (Å²) in [5, 5.41) is 3.74. The Hall–Kier alpha value is -0.0800. The molecule has 2 nitrogen and oxygen atoms in total. The molecule has 2 atom stereocenters. The number of nitrogens with zero attached hydrogens (tertiary/aromatic N) is 1. The van der Waals surface area contributed by atoms with E-state index in [4.69, 9.17) is 0 Å². The molecule has 0 spiro atoms. The Morgan fingerprint density at radius 2 is 2.13 bits per heavy atom. The van der Waals surface area contributed by atoms with Crippen LogP contribution in [-0.2, 0) is 0 Å². The number of rotatable bonds is 6. The van der Waals surface area contributed by atoms with Crippen molar-refractivity contribution in [3.05, 3.63) is 0 Å². The van der Waals surface area contributed by atoms with E-state index in [9.17, 15) is 0 Å². The first-order valence-corrected chi connectivity index (χ1v) is 6.77. The lowest BCUT2D eigenvalue weighted by molar-refractivity contribution is 0.314. The zero-order valence-corrected chi connectivity index (χ0v) is 10.3. The third-order valence-electron chi connectivity index (χ3n) is 3.82. The summed E-state index contributed by atoms with van der Waals surface area (Å²) in [6.07, 6.45) is 6.97. The van der Waals surface area contributed by atoms with Gasteiger partial charge in [0.2, 0.25) is 0 Å². The van der Waals surface area contributed by atoms with Crippen LogP contribution in [0, 0.1) is 5.92 Å². The summed E-state index contributed by atoms with van der Waals surface area (Å²) < 4.78 is 0. The van der Waals surface area contributed by atoms with E-state index in [1.807, 2.05) is 0 Å². The molecule has 2 fully saturated rings. The topological polar surface area (TPSA) is 15.3 Å². The summed E-state index contributed by atoms with van der Waals surface area (Å²) in [5.41, 5.74) is 0. The minimum Gasteiger partial charge on any atom is -0.312 e. The molecule has 1 aliphatic heterocycles. The van der Waals surface area contributed by atoms with Gasteiger partial charge in [-0.25, -0.2) is 0 Å². The first-order valence-electron chi connectivity index (χ1n) is 6.77. The SMILES string of the molecule is CCCC(C)CNC1CCN(C2CC2)C1. The van der Waals surface area contributed by atoms with Crippen molar-refractivity contribution in [2.45, 2.75) is 58.0 Å². The molecule has 0 aromatic carbocycles. The van der Waals surface area contributed by atoms with Gasteiger partial charge in [-0.1, -0.05) is 20.3 Å². The highest BCUT2D eigenvalue weighted by Crippen LogP contribution is 2.29. The van der Waals surface area contributed by atoms with Gasteiger partial charge >= 0.3 is 0 Å². The van der Waals surface area contributed by atoms with Crippen LogP contribution >= 0.6 is 0 Å². The largest absolute Gasteiger partial charge is 0.312 e. The fourth-order valence-electron chi connectivity index (χ4n) is 2.69. The monoisotopic (exact) mass is 210 g/mol. The molecule has 2 aliphatic rings. The lowest BCUT2D eigenvalue weighted by atomic mass is 10.1. The lowest BCUT2D eigenvalue weighted by Gasteiger charge is -2.18. The molecule has 2 heteroatoms. The standard InChI is InChI=1S/C13H26N2/c1-3-4-11(2)9-14-12-7-8-15(10-12)13-5-6-13/h11-14H,3-10H2,1-2H3. The Morgan fingerprint density at radius 1 is 1.33 bits per heavy atom. The van der Waals surface area contributed by atoms with Crippen LogP contribution in [0.2, 0.25) is 0 Å². The van der Waals surface area contributed by atoms with E-state index in [1.165, 1.54) is 51.7 Å². The summed E-state index contributed by atoms with van der Waals surface area (Å²) >= 11 is 0. The van der Waals surface area contributed by atoms with Crippen LogP contribution in [0.3, 0.4) is 0 Å². The number of hydrogen-bond donors (Lipinski definition) is 1. The van der Waals surface area contributed by atoms with Gasteiger partial charge in [0.05, 0.1) is 0 Å². The third kappa shape index (κ3) is 3.46. The molecular formula is C13H26N2. The highest BCUT2D eigenvalue weighted by molar-refractivity contribution is 4.91. The van der Waals surface area contributed by atoms with Gasteiger partial charge in [0.1, 0.15) is 0 Å². The molecule has 1 N–H and O–H groups in total. The maximum Gasteiger partial charge on any atom is 0.0207 e. The van der Waals surface area contributed by atoms with Gasteiger partial charge in [0.25, 0.3) is 0 Å². The molecule has 1 saturated carbocycles. The van der Waals surface area contributed by atoms with Crippen LogP contribution < -0.4 is 5.32 Å². The molecule has 1 heterocycles. The van der Waals surface area contributed by atoms with E-state index in [1.54, 1.807) is 0 Å². The predicted octanol–water partition coefficient (Wildman–Crippen LogP) is 2.25. The highest BCUT2D eigenvalue weighted by Gasteiger charge is 2.34. The number of nitrogens with one attached hydrogen (secondary N) is 1. The van der Waals surface area contributed by atoms with Crippen molar-refractivity contribution in [1.82, 2.24) is 10.2 Å². The highest BCUT2D eigenvalue weighted by atomic mass is 15.2. The van der Waals surface area contributed by atoms with Gasteiger partial charge in [-0.05, 0) is 38.1 Å². The lowest BCUT2D eigenvalue weighted by Crippen LogP contribution is -2.35. The molecule has 15 heavy (non-hydrogen) atoms. The molecule has 0 radical (unpaired) electrons. The Kier molecular flexibility index (Phi) is 4.04. The Balaban J connectivity index is 1.59. The first kappa shape index (κ1) is 11.4. The fraction of sp³-hybridized carbons (Fsp3) is 1.00. The normalized spacial score (nSPS) is 29.6. The van der Waals surface area contributed by atoms with Gasteiger partial charge in [-0.15, -0.1) is 0 Å². The van der Waals surface area contributed by atoms with Crippen LogP contribution in [0.15, 0.2) is 0 Å². The maximum atomic E-state index is 3.74. The van der Waals surface area contributed by atoms with Gasteiger partial charge in [-0.2, -0.15) is 0 Å². The molecule has 2 rings (SSSR count). The summed E-state index contributed by atoms with van der Waals surface area (Å²) in [7, 11) is 0. The molecule has 88 valence electrons. The average molecular weight is 210 g/mol. The van der Waals surface area contributed by atoms with E-state index in [2.05, 4.69) is 24.1 Å². The van der Waals surface area contributed by atoms with Crippen molar-refractivity contribution >= 4 is 0 Å². The molecule has 0 aromatic heterocycles. The summed E-state index contributed by atoms with van der Waals surface area (Å²) in [6, 6.07) is 1.75. The van der Waals surface area contributed by atoms with Crippen LogP contribution in [-0.4, -0.2) is 36.6 Å². The fourth-order valence-corrected chi connectivity index (χ4v) is 2.69. The second kappa shape index (κ2) is 5.31. The van der Waals surface area contributed by atoms with Crippen molar-refractivity contribution < 1.29 is 0 Å². The van der Waals surface area contributed by atoms with E-state index in [0.717, 1.165) is 18.0 Å². The molecule has 1 saturated heterocycles. The molecule has 0 bridgehead atoms. The molecule has 0 amide bonds. The van der Waals surface area contributed by atoms with Gasteiger partial charge in [-0.3, -0.25) is 4.90 Å². The zero-order chi connectivity index (χ0) is 10.7. The van der Waals surface area contributed by atoms with Gasteiger partial charge in [0, 0.05) is 25.2 Å². The van der Waals surface area contributed by atoms with Crippen molar-refractivity contribution in [2.75, 3.05) is 19.6 Å². The van der Waals surface area contributed by atoms with Crippen LogP contribution in [0.1, 0.15) is 46.0 Å². The predicted molar refractivity (Wildman–Crippen MR) is 65.1 cm³/mol. The quantitative estimate of drug-likeness (QED) is 0.723. The van der Waals surface area contributed by atoms with E-state index >= 15 is 0 Å². The van der Waals surface area contributed by atoms with Crippen LogP contribution in [0.25, 0.3) is 0 Å². The summed E-state index contributed by atoms with van der Waals surface area (Å²) in [5.74, 6) is 0.852. The van der Waals surface area contributed by atoms with Crippen molar-refractivity contribution in [1.29, 1.82) is 0 Å². The third-order valence-corrected chi connectivity index (χ3v) is 3.82. The minimum absolute atomic E-state index is 0.782. The summed E-state index contributed by atoms with van der Waals surface area (Å²) in [6.45, 7) is 8.51. The molecule has 2 unspecified atom stereocenters. The Morgan fingerprint density at radius 3 is 2.80 bits per heavy atom. The summed E-state index contributed by atoms with van der Waals surface area (Å²) in [4.78, 5) is 2.68. The van der Waals surface area contributed by atoms with E-state index in [0.29, 0.717) is 0 Å². The molecule has 1 aliphatic carbocycles. The second-order valence-electron chi connectivity index (χ2n) is 5.51. The van der Waals surface area contributed by atoms with Crippen molar-refractivity contribution in [2.24, 2.45) is 5.92 Å². The van der Waals surface area contributed by atoms with Gasteiger partial charge in [0.15, 0.2) is 0 Å². The minimum atomic E-state index is 0.782. The van der Waals surface area contributed by atoms with Crippen LogP contribution in [0.5, 0.6) is 0 Å². The van der Waals surface area contributed by atoms with Crippen molar-refractivity contribution in [3.63, 3.8) is 0 Å². The first-order chi connectivity index (χ1) is 7.29. The maximum absolute atomic E-state index is 3.74. The molecule has 0 aromatic rings. The molecular weight excluding hydrogens is 184 g/mol.